The molecule has 1 heterocycles. The molecule has 1 fully saturated rings. The summed E-state index contributed by atoms with van der Waals surface area (Å²) in [4.78, 5) is 26.8. The second kappa shape index (κ2) is 7.06. The van der Waals surface area contributed by atoms with Crippen molar-refractivity contribution in [1.29, 1.82) is 0 Å². The fourth-order valence-electron chi connectivity index (χ4n) is 2.79. The lowest BCUT2D eigenvalue weighted by Gasteiger charge is -2.28. The predicted octanol–water partition coefficient (Wildman–Crippen LogP) is 2.87. The fraction of sp³-hybridized carbons (Fsp3) is 0.533. The Morgan fingerprint density at radius 2 is 2.05 bits per heavy atom. The van der Waals surface area contributed by atoms with Crippen LogP contribution in [0, 0.1) is 5.92 Å². The van der Waals surface area contributed by atoms with Crippen molar-refractivity contribution in [3.63, 3.8) is 0 Å². The van der Waals surface area contributed by atoms with Crippen LogP contribution in [0.15, 0.2) is 18.3 Å². The van der Waals surface area contributed by atoms with Gasteiger partial charge in [-0.05, 0) is 37.8 Å². The number of carbonyl (C=O) groups excluding carboxylic acids is 1. The highest BCUT2D eigenvalue weighted by molar-refractivity contribution is 5.98. The minimum Gasteiger partial charge on any atom is -0.476 e. The van der Waals surface area contributed by atoms with Crippen LogP contribution in [0.4, 0.5) is 10.5 Å². The third kappa shape index (κ3) is 4.18. The molecule has 6 nitrogen and oxygen atoms in total. The van der Waals surface area contributed by atoms with Crippen molar-refractivity contribution < 1.29 is 14.7 Å². The first-order chi connectivity index (χ1) is 10.1. The summed E-state index contributed by atoms with van der Waals surface area (Å²) in [5, 5.41) is 14.5. The molecular weight excluding hydrogens is 270 g/mol. The minimum atomic E-state index is -1.16. The maximum absolute atomic E-state index is 12.0. The van der Waals surface area contributed by atoms with E-state index in [1.807, 2.05) is 6.92 Å². The number of aromatic carboxylic acids is 1. The SMILES string of the molecule is CC(NC(=O)Nc1cccnc1C(=O)O)C1CCCCC1. The number of carboxylic acid groups (broad SMARTS) is 1. The van der Waals surface area contributed by atoms with Gasteiger partial charge in [0.05, 0.1) is 5.69 Å². The van der Waals surface area contributed by atoms with Gasteiger partial charge in [-0.2, -0.15) is 0 Å². The van der Waals surface area contributed by atoms with Crippen molar-refractivity contribution >= 4 is 17.7 Å². The number of anilines is 1. The number of nitrogens with zero attached hydrogens (tertiary/aromatic N) is 1. The quantitative estimate of drug-likeness (QED) is 0.795. The number of urea groups is 1. The molecule has 0 radical (unpaired) electrons. The average Bonchev–Trinajstić information content (AvgIpc) is 2.48. The molecule has 1 unspecified atom stereocenters. The van der Waals surface area contributed by atoms with Gasteiger partial charge in [-0.15, -0.1) is 0 Å². The summed E-state index contributed by atoms with van der Waals surface area (Å²) in [6, 6.07) is 2.81. The van der Waals surface area contributed by atoms with Crippen LogP contribution in [-0.4, -0.2) is 28.1 Å². The molecule has 21 heavy (non-hydrogen) atoms. The molecule has 3 N–H and O–H groups in total. The zero-order valence-corrected chi connectivity index (χ0v) is 12.1. The molecular formula is C15H21N3O3. The smallest absolute Gasteiger partial charge is 0.356 e. The van der Waals surface area contributed by atoms with Crippen molar-refractivity contribution in [2.45, 2.75) is 45.1 Å². The zero-order chi connectivity index (χ0) is 15.2. The maximum Gasteiger partial charge on any atom is 0.356 e. The van der Waals surface area contributed by atoms with E-state index in [1.165, 1.54) is 31.5 Å². The van der Waals surface area contributed by atoms with Gasteiger partial charge in [-0.25, -0.2) is 14.6 Å². The number of pyridine rings is 1. The lowest BCUT2D eigenvalue weighted by molar-refractivity contribution is 0.0691. The number of carbonyl (C=O) groups is 2. The Kier molecular flexibility index (Phi) is 5.14. The monoisotopic (exact) mass is 291 g/mol. The van der Waals surface area contributed by atoms with Crippen LogP contribution in [0.2, 0.25) is 0 Å². The Balaban J connectivity index is 1.94. The van der Waals surface area contributed by atoms with Crippen LogP contribution in [0.1, 0.15) is 49.5 Å². The van der Waals surface area contributed by atoms with E-state index in [4.69, 9.17) is 5.11 Å². The number of aromatic nitrogens is 1. The Morgan fingerprint density at radius 1 is 1.33 bits per heavy atom. The number of rotatable bonds is 4. The van der Waals surface area contributed by atoms with Crippen molar-refractivity contribution in [1.82, 2.24) is 10.3 Å². The van der Waals surface area contributed by atoms with Gasteiger partial charge in [0.15, 0.2) is 5.69 Å². The first kappa shape index (κ1) is 15.3. The first-order valence-corrected chi connectivity index (χ1v) is 7.33. The fourth-order valence-corrected chi connectivity index (χ4v) is 2.79. The summed E-state index contributed by atoms with van der Waals surface area (Å²) in [6.45, 7) is 2.00. The summed E-state index contributed by atoms with van der Waals surface area (Å²) in [7, 11) is 0. The van der Waals surface area contributed by atoms with Crippen molar-refractivity contribution in [2.75, 3.05) is 5.32 Å². The van der Waals surface area contributed by atoms with Gasteiger partial charge in [-0.3, -0.25) is 0 Å². The Labute approximate surface area is 124 Å². The van der Waals surface area contributed by atoms with E-state index in [2.05, 4.69) is 15.6 Å². The molecule has 1 aromatic rings. The minimum absolute atomic E-state index is 0.0789. The molecule has 6 heteroatoms. The highest BCUT2D eigenvalue weighted by atomic mass is 16.4. The Hall–Kier alpha value is -2.11. The van der Waals surface area contributed by atoms with Crippen LogP contribution >= 0.6 is 0 Å². The largest absolute Gasteiger partial charge is 0.476 e. The van der Waals surface area contributed by atoms with Crippen LogP contribution in [0.3, 0.4) is 0 Å². The van der Waals surface area contributed by atoms with E-state index in [-0.39, 0.29) is 23.5 Å². The van der Waals surface area contributed by atoms with Crippen molar-refractivity contribution in [3.8, 4) is 0 Å². The summed E-state index contributed by atoms with van der Waals surface area (Å²) < 4.78 is 0. The first-order valence-electron chi connectivity index (χ1n) is 7.33. The van der Waals surface area contributed by atoms with Gasteiger partial charge in [-0.1, -0.05) is 19.3 Å². The summed E-state index contributed by atoms with van der Waals surface area (Å²) in [6.07, 6.45) is 7.35. The standard InChI is InChI=1S/C15H21N3O3/c1-10(11-6-3-2-4-7-11)17-15(21)18-12-8-5-9-16-13(12)14(19)20/h5,8-11H,2-4,6-7H2,1H3,(H,19,20)(H2,17,18,21). The zero-order valence-electron chi connectivity index (χ0n) is 12.1. The molecule has 1 aliphatic carbocycles. The molecule has 114 valence electrons. The summed E-state index contributed by atoms with van der Waals surface area (Å²) in [5.41, 5.74) is 0.0521. The number of hydrogen-bond acceptors (Lipinski definition) is 3. The van der Waals surface area contributed by atoms with E-state index in [9.17, 15) is 9.59 Å². The van der Waals surface area contributed by atoms with Gasteiger partial charge in [0, 0.05) is 12.2 Å². The Morgan fingerprint density at radius 3 is 2.71 bits per heavy atom. The molecule has 2 amide bonds. The lowest BCUT2D eigenvalue weighted by Crippen LogP contribution is -2.41. The summed E-state index contributed by atoms with van der Waals surface area (Å²) in [5.74, 6) is -0.663. The molecule has 0 bridgehead atoms. The molecule has 1 aliphatic rings. The summed E-state index contributed by atoms with van der Waals surface area (Å²) >= 11 is 0. The van der Waals surface area contributed by atoms with Gasteiger partial charge >= 0.3 is 12.0 Å². The van der Waals surface area contributed by atoms with Gasteiger partial charge < -0.3 is 15.7 Å². The third-order valence-corrected chi connectivity index (χ3v) is 3.97. The van der Waals surface area contributed by atoms with E-state index in [0.717, 1.165) is 12.8 Å². The maximum atomic E-state index is 12.0. The molecule has 0 saturated heterocycles. The van der Waals surface area contributed by atoms with Crippen LogP contribution < -0.4 is 10.6 Å². The second-order valence-electron chi connectivity index (χ2n) is 5.49. The molecule has 1 atom stereocenters. The number of amides is 2. The second-order valence-corrected chi connectivity index (χ2v) is 5.49. The predicted molar refractivity (Wildman–Crippen MR) is 79.4 cm³/mol. The van der Waals surface area contributed by atoms with Gasteiger partial charge in [0.25, 0.3) is 0 Å². The average molecular weight is 291 g/mol. The molecule has 1 aromatic heterocycles. The lowest BCUT2D eigenvalue weighted by atomic mass is 9.85. The van der Waals surface area contributed by atoms with Crippen LogP contribution in [-0.2, 0) is 0 Å². The normalized spacial score (nSPS) is 17.0. The molecule has 0 aromatic carbocycles. The number of hydrogen-bond donors (Lipinski definition) is 3. The van der Waals surface area contributed by atoms with Gasteiger partial charge in [0.2, 0.25) is 0 Å². The number of nitrogens with one attached hydrogen (secondary N) is 2. The molecule has 0 aliphatic heterocycles. The molecule has 1 saturated carbocycles. The number of carboxylic acids is 1. The highest BCUT2D eigenvalue weighted by Crippen LogP contribution is 2.26. The molecule has 0 spiro atoms. The van der Waals surface area contributed by atoms with E-state index in [1.54, 1.807) is 6.07 Å². The third-order valence-electron chi connectivity index (χ3n) is 3.97. The van der Waals surface area contributed by atoms with Crippen molar-refractivity contribution in [2.24, 2.45) is 5.92 Å². The van der Waals surface area contributed by atoms with E-state index >= 15 is 0 Å². The van der Waals surface area contributed by atoms with Gasteiger partial charge in [0.1, 0.15) is 0 Å². The van der Waals surface area contributed by atoms with E-state index in [0.29, 0.717) is 5.92 Å². The van der Waals surface area contributed by atoms with Crippen molar-refractivity contribution in [3.05, 3.63) is 24.0 Å². The van der Waals surface area contributed by atoms with Crippen LogP contribution in [0.5, 0.6) is 0 Å². The molecule has 2 rings (SSSR count). The highest BCUT2D eigenvalue weighted by Gasteiger charge is 2.22. The Bertz CT molecular complexity index is 513. The van der Waals surface area contributed by atoms with E-state index < -0.39 is 5.97 Å². The topological polar surface area (TPSA) is 91.3 Å². The van der Waals surface area contributed by atoms with Crippen LogP contribution in [0.25, 0.3) is 0 Å².